The Labute approximate surface area is 160 Å². The van der Waals surface area contributed by atoms with Gasteiger partial charge in [-0.2, -0.15) is 0 Å². The number of nitrogens with zero attached hydrogens (tertiary/aromatic N) is 4. The van der Waals surface area contributed by atoms with E-state index in [2.05, 4.69) is 22.2 Å². The molecule has 0 radical (unpaired) electrons. The molecule has 1 aromatic heterocycles. The molecule has 26 heavy (non-hydrogen) atoms. The fourth-order valence-corrected chi connectivity index (χ4v) is 3.27. The van der Waals surface area contributed by atoms with Crippen molar-refractivity contribution in [1.82, 2.24) is 25.2 Å². The summed E-state index contributed by atoms with van der Waals surface area (Å²) >= 11 is 0. The maximum atomic E-state index is 13.0. The number of carbonyl (C=O) groups excluding carboxylic acids is 1. The van der Waals surface area contributed by atoms with Gasteiger partial charge in [-0.15, -0.1) is 24.1 Å². The Morgan fingerprint density at radius 1 is 1.35 bits per heavy atom. The van der Waals surface area contributed by atoms with Gasteiger partial charge < -0.3 is 10.2 Å². The van der Waals surface area contributed by atoms with Crippen LogP contribution in [0.1, 0.15) is 40.6 Å². The molecule has 6 nitrogen and oxygen atoms in total. The molecule has 1 aliphatic heterocycles. The van der Waals surface area contributed by atoms with Crippen LogP contribution >= 0.6 is 12.4 Å². The van der Waals surface area contributed by atoms with Crippen molar-refractivity contribution in [2.24, 2.45) is 0 Å². The molecule has 0 bridgehead atoms. The number of hydrogen-bond donors (Lipinski definition) is 1. The van der Waals surface area contributed by atoms with Crippen LogP contribution in [0, 0.1) is 6.92 Å². The summed E-state index contributed by atoms with van der Waals surface area (Å²) in [6, 6.07) is 10.3. The quantitative estimate of drug-likeness (QED) is 0.788. The molecule has 1 fully saturated rings. The SMILES string of the molecule is C=CCN(Cc1ccccc1)C(=O)c1nnn(C2CCNCC2)c1C.Cl. The van der Waals surface area contributed by atoms with Gasteiger partial charge in [0.05, 0.1) is 11.7 Å². The summed E-state index contributed by atoms with van der Waals surface area (Å²) in [5.41, 5.74) is 2.37. The van der Waals surface area contributed by atoms with E-state index in [9.17, 15) is 4.79 Å². The van der Waals surface area contributed by atoms with Gasteiger partial charge in [0.15, 0.2) is 5.69 Å². The van der Waals surface area contributed by atoms with E-state index in [0.29, 0.717) is 24.8 Å². The third kappa shape index (κ3) is 4.51. The third-order valence-electron chi connectivity index (χ3n) is 4.64. The molecule has 0 unspecified atom stereocenters. The van der Waals surface area contributed by atoms with E-state index in [4.69, 9.17) is 0 Å². The summed E-state index contributed by atoms with van der Waals surface area (Å²) in [5, 5.41) is 11.8. The molecule has 7 heteroatoms. The molecular formula is C19H26ClN5O. The molecule has 1 N–H and O–H groups in total. The van der Waals surface area contributed by atoms with Gasteiger partial charge in [-0.3, -0.25) is 4.79 Å². The standard InChI is InChI=1S/C19H25N5O.ClH/c1-3-13-23(14-16-7-5-4-6-8-16)19(25)18-15(2)24(22-21-18)17-9-11-20-12-10-17;/h3-8,17,20H,1,9-14H2,2H3;1H. The van der Waals surface area contributed by atoms with E-state index in [-0.39, 0.29) is 18.3 Å². The molecule has 1 aliphatic rings. The zero-order chi connectivity index (χ0) is 17.6. The minimum absolute atomic E-state index is 0. The summed E-state index contributed by atoms with van der Waals surface area (Å²) < 4.78 is 1.92. The van der Waals surface area contributed by atoms with Crippen molar-refractivity contribution in [3.63, 3.8) is 0 Å². The number of aromatic nitrogens is 3. The van der Waals surface area contributed by atoms with Gasteiger partial charge in [-0.1, -0.05) is 41.6 Å². The Morgan fingerprint density at radius 2 is 2.04 bits per heavy atom. The second kappa shape index (κ2) is 9.50. The Kier molecular flexibility index (Phi) is 7.36. The molecule has 1 amide bonds. The summed E-state index contributed by atoms with van der Waals surface area (Å²) in [6.07, 6.45) is 3.77. The number of carbonyl (C=O) groups is 1. The van der Waals surface area contributed by atoms with E-state index in [1.165, 1.54) is 0 Å². The van der Waals surface area contributed by atoms with E-state index >= 15 is 0 Å². The fraction of sp³-hybridized carbons (Fsp3) is 0.421. The first-order valence-corrected chi connectivity index (χ1v) is 8.77. The van der Waals surface area contributed by atoms with Crippen molar-refractivity contribution >= 4 is 18.3 Å². The topological polar surface area (TPSA) is 63.1 Å². The molecule has 1 saturated heterocycles. The summed E-state index contributed by atoms with van der Waals surface area (Å²) in [4.78, 5) is 14.8. The van der Waals surface area contributed by atoms with Crippen LogP contribution in [0.4, 0.5) is 0 Å². The van der Waals surface area contributed by atoms with Crippen LogP contribution in [0.25, 0.3) is 0 Å². The van der Waals surface area contributed by atoms with Gasteiger partial charge in [-0.25, -0.2) is 4.68 Å². The molecule has 0 atom stereocenters. The number of rotatable bonds is 6. The smallest absolute Gasteiger partial charge is 0.276 e. The first-order valence-electron chi connectivity index (χ1n) is 8.77. The minimum Gasteiger partial charge on any atom is -0.329 e. The maximum absolute atomic E-state index is 13.0. The molecular weight excluding hydrogens is 350 g/mol. The third-order valence-corrected chi connectivity index (χ3v) is 4.64. The van der Waals surface area contributed by atoms with Crippen LogP contribution in [-0.2, 0) is 6.54 Å². The molecule has 140 valence electrons. The lowest BCUT2D eigenvalue weighted by Gasteiger charge is -2.24. The van der Waals surface area contributed by atoms with E-state index in [0.717, 1.165) is 37.2 Å². The van der Waals surface area contributed by atoms with E-state index in [1.54, 1.807) is 11.0 Å². The predicted octanol–water partition coefficient (Wildman–Crippen LogP) is 2.76. The highest BCUT2D eigenvalue weighted by Gasteiger charge is 2.25. The first kappa shape index (κ1) is 20.1. The Morgan fingerprint density at radius 3 is 2.69 bits per heavy atom. The van der Waals surface area contributed by atoms with Gasteiger partial charge >= 0.3 is 0 Å². The lowest BCUT2D eigenvalue weighted by molar-refractivity contribution is 0.0756. The van der Waals surface area contributed by atoms with Crippen LogP contribution in [0.5, 0.6) is 0 Å². The average molecular weight is 376 g/mol. The second-order valence-electron chi connectivity index (χ2n) is 6.41. The number of hydrogen-bond acceptors (Lipinski definition) is 4. The van der Waals surface area contributed by atoms with Crippen LogP contribution in [0.2, 0.25) is 0 Å². The summed E-state index contributed by atoms with van der Waals surface area (Å²) in [7, 11) is 0. The maximum Gasteiger partial charge on any atom is 0.276 e. The molecule has 0 saturated carbocycles. The lowest BCUT2D eigenvalue weighted by Crippen LogP contribution is -2.32. The number of nitrogens with one attached hydrogen (secondary N) is 1. The number of amides is 1. The number of halogens is 1. The second-order valence-corrected chi connectivity index (χ2v) is 6.41. The largest absolute Gasteiger partial charge is 0.329 e. The van der Waals surface area contributed by atoms with Gasteiger partial charge in [-0.05, 0) is 38.4 Å². The van der Waals surface area contributed by atoms with Crippen LogP contribution in [0.3, 0.4) is 0 Å². The van der Waals surface area contributed by atoms with Crippen LogP contribution < -0.4 is 5.32 Å². The van der Waals surface area contributed by atoms with Crippen molar-refractivity contribution in [3.05, 3.63) is 59.9 Å². The summed E-state index contributed by atoms with van der Waals surface area (Å²) in [6.45, 7) is 8.68. The minimum atomic E-state index is -0.0959. The van der Waals surface area contributed by atoms with Crippen molar-refractivity contribution < 1.29 is 4.79 Å². The zero-order valence-electron chi connectivity index (χ0n) is 15.1. The Balaban J connectivity index is 0.00000243. The molecule has 0 aliphatic carbocycles. The van der Waals surface area contributed by atoms with Crippen molar-refractivity contribution in [3.8, 4) is 0 Å². The molecule has 2 aromatic rings. The molecule has 1 aromatic carbocycles. The van der Waals surface area contributed by atoms with Crippen LogP contribution in [0.15, 0.2) is 43.0 Å². The Hall–Kier alpha value is -2.18. The van der Waals surface area contributed by atoms with Crippen molar-refractivity contribution in [2.75, 3.05) is 19.6 Å². The number of benzene rings is 1. The normalized spacial score (nSPS) is 14.5. The van der Waals surface area contributed by atoms with Gasteiger partial charge in [0.1, 0.15) is 0 Å². The molecule has 2 heterocycles. The highest BCUT2D eigenvalue weighted by Crippen LogP contribution is 2.21. The number of piperidine rings is 1. The monoisotopic (exact) mass is 375 g/mol. The average Bonchev–Trinajstić information content (AvgIpc) is 3.04. The van der Waals surface area contributed by atoms with Gasteiger partial charge in [0, 0.05) is 13.1 Å². The highest BCUT2D eigenvalue weighted by atomic mass is 35.5. The molecule has 3 rings (SSSR count). The van der Waals surface area contributed by atoms with Gasteiger partial charge in [0.2, 0.25) is 0 Å². The van der Waals surface area contributed by atoms with E-state index in [1.807, 2.05) is 41.9 Å². The predicted molar refractivity (Wildman–Crippen MR) is 105 cm³/mol. The van der Waals surface area contributed by atoms with E-state index < -0.39 is 0 Å². The van der Waals surface area contributed by atoms with Crippen LogP contribution in [-0.4, -0.2) is 45.4 Å². The summed E-state index contributed by atoms with van der Waals surface area (Å²) in [5.74, 6) is -0.0959. The fourth-order valence-electron chi connectivity index (χ4n) is 3.27. The molecule has 0 spiro atoms. The zero-order valence-corrected chi connectivity index (χ0v) is 15.9. The Bertz CT molecular complexity index is 725. The lowest BCUT2D eigenvalue weighted by atomic mass is 10.1. The highest BCUT2D eigenvalue weighted by molar-refractivity contribution is 5.93. The van der Waals surface area contributed by atoms with Crippen molar-refractivity contribution in [1.29, 1.82) is 0 Å². The van der Waals surface area contributed by atoms with Crippen molar-refractivity contribution in [2.45, 2.75) is 32.4 Å². The first-order chi connectivity index (χ1) is 12.2. The van der Waals surface area contributed by atoms with Gasteiger partial charge in [0.25, 0.3) is 5.91 Å².